The van der Waals surface area contributed by atoms with Gasteiger partial charge in [0.15, 0.2) is 8.32 Å². The first-order valence-corrected chi connectivity index (χ1v) is 23.5. The molecule has 0 aliphatic rings. The Morgan fingerprint density at radius 3 is 1.28 bits per heavy atom. The summed E-state index contributed by atoms with van der Waals surface area (Å²) in [4.78, 5) is 0. The van der Waals surface area contributed by atoms with Gasteiger partial charge < -0.3 is 9.53 Å². The van der Waals surface area contributed by atoms with Crippen molar-refractivity contribution < 1.29 is 9.53 Å². The Balaban J connectivity index is 4.15. The minimum Gasteiger partial charge on any atom is -0.414 e. The highest BCUT2D eigenvalue weighted by molar-refractivity contribution is 6.74. The van der Waals surface area contributed by atoms with Gasteiger partial charge in [0.25, 0.3) is 0 Å². The SMILES string of the molecule is CCCCCC=CCC=CCCCCCCCCC(O)CC(CCCCCCCC=CCC=CCCCCC)O[Si](C)(C)C(C)(C)C. The van der Waals surface area contributed by atoms with E-state index in [4.69, 9.17) is 4.43 Å². The maximum absolute atomic E-state index is 11.0. The molecule has 0 aliphatic carbocycles. The fourth-order valence-corrected chi connectivity index (χ4v) is 7.19. The molecule has 1 N–H and O–H groups in total. The van der Waals surface area contributed by atoms with Gasteiger partial charge in [-0.05, 0) is 102 Å². The lowest BCUT2D eigenvalue weighted by Crippen LogP contribution is -2.44. The molecular formula is C44H84O2Si. The van der Waals surface area contributed by atoms with E-state index in [1.165, 1.54) is 128 Å². The zero-order valence-electron chi connectivity index (χ0n) is 33.0. The Morgan fingerprint density at radius 1 is 0.511 bits per heavy atom. The number of hydrogen-bond acceptors (Lipinski definition) is 2. The summed E-state index contributed by atoms with van der Waals surface area (Å²) in [5.74, 6) is 0. The Bertz CT molecular complexity index is 772. The Labute approximate surface area is 297 Å². The number of rotatable bonds is 33. The number of hydrogen-bond donors (Lipinski definition) is 1. The van der Waals surface area contributed by atoms with Gasteiger partial charge in [0, 0.05) is 6.10 Å². The zero-order valence-corrected chi connectivity index (χ0v) is 34.0. The number of allylic oxidation sites excluding steroid dienone is 8. The van der Waals surface area contributed by atoms with Crippen LogP contribution < -0.4 is 0 Å². The van der Waals surface area contributed by atoms with Gasteiger partial charge in [0.2, 0.25) is 0 Å². The van der Waals surface area contributed by atoms with Crippen molar-refractivity contribution in [2.75, 3.05) is 0 Å². The molecule has 0 aliphatic heterocycles. The lowest BCUT2D eigenvalue weighted by atomic mass is 10.00. The summed E-state index contributed by atoms with van der Waals surface area (Å²) in [5.41, 5.74) is 0. The lowest BCUT2D eigenvalue weighted by Gasteiger charge is -2.40. The molecule has 2 nitrogen and oxygen atoms in total. The first-order valence-electron chi connectivity index (χ1n) is 20.6. The highest BCUT2D eigenvalue weighted by atomic mass is 28.4. The van der Waals surface area contributed by atoms with Crippen LogP contribution in [-0.2, 0) is 4.43 Å². The van der Waals surface area contributed by atoms with E-state index in [-0.39, 0.29) is 17.2 Å². The Kier molecular flexibility index (Phi) is 31.7. The number of unbranched alkanes of at least 4 members (excludes halogenated alkanes) is 17. The highest BCUT2D eigenvalue weighted by Gasteiger charge is 2.39. The smallest absolute Gasteiger partial charge is 0.192 e. The fraction of sp³-hybridized carbons (Fsp3) is 0.818. The van der Waals surface area contributed by atoms with Gasteiger partial charge in [-0.3, -0.25) is 0 Å². The fourth-order valence-electron chi connectivity index (χ4n) is 5.79. The van der Waals surface area contributed by atoms with Gasteiger partial charge in [-0.15, -0.1) is 0 Å². The maximum atomic E-state index is 11.0. The lowest BCUT2D eigenvalue weighted by molar-refractivity contribution is 0.0736. The van der Waals surface area contributed by atoms with Gasteiger partial charge in [-0.1, -0.05) is 167 Å². The van der Waals surface area contributed by atoms with Gasteiger partial charge in [0.1, 0.15) is 0 Å². The van der Waals surface area contributed by atoms with Gasteiger partial charge in [-0.2, -0.15) is 0 Å². The van der Waals surface area contributed by atoms with E-state index >= 15 is 0 Å². The third-order valence-electron chi connectivity index (χ3n) is 10.0. The van der Waals surface area contributed by atoms with Gasteiger partial charge in [0.05, 0.1) is 6.10 Å². The summed E-state index contributed by atoms with van der Waals surface area (Å²) in [6, 6.07) is 0. The topological polar surface area (TPSA) is 29.5 Å². The second kappa shape index (κ2) is 32.3. The molecule has 0 saturated carbocycles. The summed E-state index contributed by atoms with van der Waals surface area (Å²) < 4.78 is 6.88. The molecule has 0 aromatic rings. The number of aliphatic hydroxyl groups is 1. The molecule has 0 spiro atoms. The molecular weight excluding hydrogens is 589 g/mol. The molecule has 47 heavy (non-hydrogen) atoms. The van der Waals surface area contributed by atoms with Crippen LogP contribution in [0.25, 0.3) is 0 Å². The van der Waals surface area contributed by atoms with E-state index in [1.807, 2.05) is 0 Å². The predicted octanol–water partition coefficient (Wildman–Crippen LogP) is 15.1. The molecule has 0 aromatic carbocycles. The standard InChI is InChI=1S/C44H84O2Si/c1-8-10-12-14-16-18-20-22-24-26-27-29-31-33-35-37-39-42(45)41-43(46-47(6,7)44(3,4)5)40-38-36-34-32-30-28-25-23-21-19-17-15-13-11-9-2/h16-19,22-25,42-43,45H,8-15,20-21,26-41H2,1-7H3. The molecule has 3 heteroatoms. The maximum Gasteiger partial charge on any atom is 0.192 e. The van der Waals surface area contributed by atoms with Crippen molar-refractivity contribution in [1.82, 2.24) is 0 Å². The molecule has 0 amide bonds. The van der Waals surface area contributed by atoms with Crippen LogP contribution in [0.1, 0.15) is 202 Å². The van der Waals surface area contributed by atoms with Gasteiger partial charge >= 0.3 is 0 Å². The van der Waals surface area contributed by atoms with E-state index in [0.717, 1.165) is 38.5 Å². The molecule has 0 bridgehead atoms. The van der Waals surface area contributed by atoms with Crippen molar-refractivity contribution in [2.45, 2.75) is 232 Å². The monoisotopic (exact) mass is 673 g/mol. The molecule has 276 valence electrons. The van der Waals surface area contributed by atoms with Gasteiger partial charge in [-0.25, -0.2) is 0 Å². The second-order valence-corrected chi connectivity index (χ2v) is 20.5. The second-order valence-electron chi connectivity index (χ2n) is 15.8. The van der Waals surface area contributed by atoms with Crippen molar-refractivity contribution in [3.8, 4) is 0 Å². The van der Waals surface area contributed by atoms with Crippen LogP contribution in [-0.4, -0.2) is 25.6 Å². The predicted molar refractivity (Wildman–Crippen MR) is 216 cm³/mol. The quantitative estimate of drug-likeness (QED) is 0.0427. The summed E-state index contributed by atoms with van der Waals surface area (Å²) in [5, 5.41) is 11.2. The average molecular weight is 673 g/mol. The molecule has 0 rings (SSSR count). The van der Waals surface area contributed by atoms with Crippen molar-refractivity contribution in [1.29, 1.82) is 0 Å². The minimum atomic E-state index is -1.85. The van der Waals surface area contributed by atoms with E-state index in [0.29, 0.717) is 0 Å². The highest BCUT2D eigenvalue weighted by Crippen LogP contribution is 2.38. The largest absolute Gasteiger partial charge is 0.414 e. The van der Waals surface area contributed by atoms with Crippen molar-refractivity contribution in [3.63, 3.8) is 0 Å². The van der Waals surface area contributed by atoms with Crippen molar-refractivity contribution in [3.05, 3.63) is 48.6 Å². The van der Waals surface area contributed by atoms with Crippen molar-refractivity contribution >= 4 is 8.32 Å². The van der Waals surface area contributed by atoms with E-state index < -0.39 is 8.32 Å². The molecule has 0 heterocycles. The molecule has 0 fully saturated rings. The van der Waals surface area contributed by atoms with Crippen LogP contribution in [0.15, 0.2) is 48.6 Å². The molecule has 0 radical (unpaired) electrons. The third kappa shape index (κ3) is 30.9. The minimum absolute atomic E-state index is 0.202. The van der Waals surface area contributed by atoms with E-state index in [9.17, 15) is 5.11 Å². The molecule has 2 unspecified atom stereocenters. The van der Waals surface area contributed by atoms with Crippen LogP contribution in [0.3, 0.4) is 0 Å². The third-order valence-corrected chi connectivity index (χ3v) is 14.6. The van der Waals surface area contributed by atoms with Crippen LogP contribution in [0.4, 0.5) is 0 Å². The molecule has 2 atom stereocenters. The summed E-state index contributed by atoms with van der Waals surface area (Å²) in [6.07, 6.45) is 50.7. The van der Waals surface area contributed by atoms with E-state index in [2.05, 4.69) is 96.3 Å². The summed E-state index contributed by atoms with van der Waals surface area (Å²) >= 11 is 0. The van der Waals surface area contributed by atoms with E-state index in [1.54, 1.807) is 0 Å². The Morgan fingerprint density at radius 2 is 0.872 bits per heavy atom. The average Bonchev–Trinajstić information content (AvgIpc) is 3.02. The van der Waals surface area contributed by atoms with Crippen LogP contribution in [0, 0.1) is 0 Å². The molecule has 0 saturated heterocycles. The van der Waals surface area contributed by atoms with Crippen LogP contribution in [0.2, 0.25) is 18.1 Å². The van der Waals surface area contributed by atoms with Crippen LogP contribution in [0.5, 0.6) is 0 Å². The first kappa shape index (κ1) is 46.1. The normalized spacial score (nSPS) is 14.5. The molecule has 0 aromatic heterocycles. The summed E-state index contributed by atoms with van der Waals surface area (Å²) in [7, 11) is -1.85. The first-order chi connectivity index (χ1) is 22.6. The van der Waals surface area contributed by atoms with Crippen molar-refractivity contribution in [2.24, 2.45) is 0 Å². The number of aliphatic hydroxyl groups excluding tert-OH is 1. The summed E-state index contributed by atoms with van der Waals surface area (Å²) in [6.45, 7) is 16.2. The Hall–Kier alpha value is -0.903. The zero-order chi connectivity index (χ0) is 34.9. The van der Waals surface area contributed by atoms with Crippen LogP contribution >= 0.6 is 0 Å².